The van der Waals surface area contributed by atoms with Crippen LogP contribution in [0.4, 0.5) is 0 Å². The third-order valence-corrected chi connectivity index (χ3v) is 1.99. The number of nitrogens with two attached hydrogens (primary N) is 1. The molecule has 0 unspecified atom stereocenters. The zero-order valence-electron chi connectivity index (χ0n) is 8.36. The van der Waals surface area contributed by atoms with Gasteiger partial charge in [0.05, 0.1) is 0 Å². The number of carbonyl (C=O) groups excluding carboxylic acids is 1. The second-order valence-corrected chi connectivity index (χ2v) is 3.17. The highest BCUT2D eigenvalue weighted by Gasteiger charge is 1.98. The Morgan fingerprint density at radius 2 is 2.43 bits per heavy atom. The van der Waals surface area contributed by atoms with Crippen LogP contribution >= 0.6 is 0 Å². The minimum Gasteiger partial charge on any atom is -0.370 e. The Morgan fingerprint density at radius 1 is 1.64 bits per heavy atom. The number of hydrogen-bond donors (Lipinski definition) is 2. The SMILES string of the molecule is Cn1ccnc1CCNCCC(N)=O. The molecule has 0 saturated heterocycles. The highest BCUT2D eigenvalue weighted by molar-refractivity contribution is 5.73. The Morgan fingerprint density at radius 3 is 3.00 bits per heavy atom. The third kappa shape index (κ3) is 3.57. The molecule has 1 rings (SSSR count). The molecule has 0 saturated carbocycles. The highest BCUT2D eigenvalue weighted by atomic mass is 16.1. The molecule has 0 radical (unpaired) electrons. The van der Waals surface area contributed by atoms with Crippen LogP contribution in [0.3, 0.4) is 0 Å². The molecule has 0 aliphatic rings. The van der Waals surface area contributed by atoms with Crippen molar-refractivity contribution in [3.05, 3.63) is 18.2 Å². The van der Waals surface area contributed by atoms with Crippen molar-refractivity contribution in [3.63, 3.8) is 0 Å². The quantitative estimate of drug-likeness (QED) is 0.598. The van der Waals surface area contributed by atoms with Crippen molar-refractivity contribution < 1.29 is 4.79 Å². The van der Waals surface area contributed by atoms with E-state index in [4.69, 9.17) is 5.73 Å². The maximum Gasteiger partial charge on any atom is 0.218 e. The minimum absolute atomic E-state index is 0.269. The number of nitrogens with zero attached hydrogens (tertiary/aromatic N) is 2. The molecule has 3 N–H and O–H groups in total. The summed E-state index contributed by atoms with van der Waals surface area (Å²) in [5, 5.41) is 3.13. The summed E-state index contributed by atoms with van der Waals surface area (Å²) in [6, 6.07) is 0. The van der Waals surface area contributed by atoms with Gasteiger partial charge in [0, 0.05) is 45.4 Å². The summed E-state index contributed by atoms with van der Waals surface area (Å²) in [5.74, 6) is 0.770. The van der Waals surface area contributed by atoms with Crippen LogP contribution in [0.1, 0.15) is 12.2 Å². The van der Waals surface area contributed by atoms with Crippen LogP contribution in [0.25, 0.3) is 0 Å². The summed E-state index contributed by atoms with van der Waals surface area (Å²) in [4.78, 5) is 14.6. The summed E-state index contributed by atoms with van der Waals surface area (Å²) in [5.41, 5.74) is 5.00. The van der Waals surface area contributed by atoms with Gasteiger partial charge in [0.25, 0.3) is 0 Å². The second-order valence-electron chi connectivity index (χ2n) is 3.17. The van der Waals surface area contributed by atoms with Crippen molar-refractivity contribution in [3.8, 4) is 0 Å². The predicted octanol–water partition coefficient (Wildman–Crippen LogP) is -0.572. The van der Waals surface area contributed by atoms with Crippen molar-refractivity contribution >= 4 is 5.91 Å². The van der Waals surface area contributed by atoms with E-state index in [-0.39, 0.29) is 5.91 Å². The van der Waals surface area contributed by atoms with Crippen LogP contribution in [-0.4, -0.2) is 28.5 Å². The van der Waals surface area contributed by atoms with Gasteiger partial charge in [-0.25, -0.2) is 4.98 Å². The van der Waals surface area contributed by atoms with Crippen LogP contribution in [0.2, 0.25) is 0 Å². The van der Waals surface area contributed by atoms with E-state index in [0.29, 0.717) is 13.0 Å². The number of imidazole rings is 1. The predicted molar refractivity (Wildman–Crippen MR) is 53.6 cm³/mol. The van der Waals surface area contributed by atoms with Crippen LogP contribution < -0.4 is 11.1 Å². The average Bonchev–Trinajstić information content (AvgIpc) is 2.51. The lowest BCUT2D eigenvalue weighted by Crippen LogP contribution is -2.24. The zero-order valence-corrected chi connectivity index (χ0v) is 8.36. The lowest BCUT2D eigenvalue weighted by molar-refractivity contribution is -0.117. The first-order chi connectivity index (χ1) is 6.70. The van der Waals surface area contributed by atoms with Gasteiger partial charge in [0.2, 0.25) is 5.91 Å². The standard InChI is InChI=1S/C9H16N4O/c1-13-7-6-12-9(13)3-5-11-4-2-8(10)14/h6-7,11H,2-5H2,1H3,(H2,10,14). The molecule has 0 aromatic carbocycles. The summed E-state index contributed by atoms with van der Waals surface area (Å²) < 4.78 is 1.98. The van der Waals surface area contributed by atoms with Gasteiger partial charge in [-0.3, -0.25) is 4.79 Å². The number of aryl methyl sites for hydroxylation is 1. The normalized spacial score (nSPS) is 10.4. The Labute approximate surface area is 83.3 Å². The van der Waals surface area contributed by atoms with E-state index in [1.807, 2.05) is 17.8 Å². The van der Waals surface area contributed by atoms with Gasteiger partial charge >= 0.3 is 0 Å². The van der Waals surface area contributed by atoms with Gasteiger partial charge in [-0.15, -0.1) is 0 Å². The topological polar surface area (TPSA) is 72.9 Å². The number of rotatable bonds is 6. The van der Waals surface area contributed by atoms with Crippen LogP contribution in [0.15, 0.2) is 12.4 Å². The van der Waals surface area contributed by atoms with Gasteiger partial charge in [-0.2, -0.15) is 0 Å². The van der Waals surface area contributed by atoms with Gasteiger partial charge in [-0.05, 0) is 0 Å². The largest absolute Gasteiger partial charge is 0.370 e. The first kappa shape index (κ1) is 10.7. The molecule has 5 nitrogen and oxygen atoms in total. The first-order valence-electron chi connectivity index (χ1n) is 4.65. The maximum atomic E-state index is 10.4. The van der Waals surface area contributed by atoms with E-state index in [9.17, 15) is 4.79 Å². The van der Waals surface area contributed by atoms with E-state index in [2.05, 4.69) is 10.3 Å². The van der Waals surface area contributed by atoms with Crippen molar-refractivity contribution in [1.29, 1.82) is 0 Å². The Bertz CT molecular complexity index is 295. The molecule has 14 heavy (non-hydrogen) atoms. The van der Waals surface area contributed by atoms with Crippen molar-refractivity contribution in [2.75, 3.05) is 13.1 Å². The molecule has 0 spiro atoms. The zero-order chi connectivity index (χ0) is 10.4. The van der Waals surface area contributed by atoms with Crippen LogP contribution in [0.5, 0.6) is 0 Å². The average molecular weight is 196 g/mol. The fourth-order valence-corrected chi connectivity index (χ4v) is 1.17. The number of hydrogen-bond acceptors (Lipinski definition) is 3. The lowest BCUT2D eigenvalue weighted by Gasteiger charge is -2.03. The lowest BCUT2D eigenvalue weighted by atomic mass is 10.3. The Hall–Kier alpha value is -1.36. The molecule has 1 aromatic heterocycles. The molecule has 0 aliphatic carbocycles. The molecule has 0 bridgehead atoms. The van der Waals surface area contributed by atoms with Gasteiger partial charge < -0.3 is 15.6 Å². The van der Waals surface area contributed by atoms with E-state index in [0.717, 1.165) is 18.8 Å². The molecule has 0 aliphatic heterocycles. The fourth-order valence-electron chi connectivity index (χ4n) is 1.17. The van der Waals surface area contributed by atoms with Crippen molar-refractivity contribution in [2.24, 2.45) is 12.8 Å². The summed E-state index contributed by atoms with van der Waals surface area (Å²) >= 11 is 0. The molecule has 5 heteroatoms. The minimum atomic E-state index is -0.269. The molecular weight excluding hydrogens is 180 g/mol. The van der Waals surface area contributed by atoms with E-state index < -0.39 is 0 Å². The smallest absolute Gasteiger partial charge is 0.218 e. The molecule has 1 amide bonds. The number of aromatic nitrogens is 2. The Kier molecular flexibility index (Phi) is 4.12. The highest BCUT2D eigenvalue weighted by Crippen LogP contribution is 1.93. The second kappa shape index (κ2) is 5.39. The van der Waals surface area contributed by atoms with Crippen molar-refractivity contribution in [1.82, 2.24) is 14.9 Å². The third-order valence-electron chi connectivity index (χ3n) is 1.99. The Balaban J connectivity index is 2.10. The van der Waals surface area contributed by atoms with Gasteiger partial charge in [0.1, 0.15) is 5.82 Å². The van der Waals surface area contributed by atoms with Gasteiger partial charge in [0.15, 0.2) is 0 Å². The monoisotopic (exact) mass is 196 g/mol. The number of nitrogens with one attached hydrogen (secondary N) is 1. The van der Waals surface area contributed by atoms with Crippen molar-refractivity contribution in [2.45, 2.75) is 12.8 Å². The molecule has 0 atom stereocenters. The van der Waals surface area contributed by atoms with E-state index in [1.54, 1.807) is 6.20 Å². The number of primary amides is 1. The van der Waals surface area contributed by atoms with E-state index in [1.165, 1.54) is 0 Å². The van der Waals surface area contributed by atoms with Gasteiger partial charge in [-0.1, -0.05) is 0 Å². The first-order valence-corrected chi connectivity index (χ1v) is 4.65. The molecule has 1 aromatic rings. The summed E-state index contributed by atoms with van der Waals surface area (Å²) in [6.45, 7) is 1.46. The molecule has 0 fully saturated rings. The molecule has 1 heterocycles. The maximum absolute atomic E-state index is 10.4. The van der Waals surface area contributed by atoms with Crippen LogP contribution in [0, 0.1) is 0 Å². The number of amides is 1. The summed E-state index contributed by atoms with van der Waals surface area (Å²) in [7, 11) is 1.96. The molecule has 78 valence electrons. The van der Waals surface area contributed by atoms with E-state index >= 15 is 0 Å². The molecular formula is C9H16N4O. The number of carbonyl (C=O) groups is 1. The summed E-state index contributed by atoms with van der Waals surface area (Å²) in [6.07, 6.45) is 4.94. The van der Waals surface area contributed by atoms with Crippen LogP contribution in [-0.2, 0) is 18.3 Å². The fraction of sp³-hybridized carbons (Fsp3) is 0.556.